The molecule has 1 atom stereocenters. The molecule has 0 saturated carbocycles. The van der Waals surface area contributed by atoms with E-state index in [4.69, 9.17) is 15.2 Å². The van der Waals surface area contributed by atoms with E-state index in [1.165, 1.54) is 5.57 Å². The normalized spacial score (nSPS) is 29.7. The lowest BCUT2D eigenvalue weighted by molar-refractivity contribution is -0.0334. The molecule has 60 valence electrons. The van der Waals surface area contributed by atoms with Crippen LogP contribution < -0.4 is 5.73 Å². The lowest BCUT2D eigenvalue weighted by atomic mass is 10.0. The predicted molar refractivity (Wildman–Crippen MR) is 40.7 cm³/mol. The number of rotatable bonds is 0. The summed E-state index contributed by atoms with van der Waals surface area (Å²) in [5.74, 6) is 0.956. The van der Waals surface area contributed by atoms with Gasteiger partial charge in [-0.05, 0) is 18.1 Å². The molecule has 2 N–H and O–H groups in total. The minimum Gasteiger partial charge on any atom is -0.468 e. The smallest absolute Gasteiger partial charge is 0.189 e. The maximum absolute atomic E-state index is 5.71. The third-order valence-electron chi connectivity index (χ3n) is 1.90. The summed E-state index contributed by atoms with van der Waals surface area (Å²) >= 11 is 0. The highest BCUT2D eigenvalue weighted by Crippen LogP contribution is 2.22. The molecule has 11 heavy (non-hydrogen) atoms. The predicted octanol–water partition coefficient (Wildman–Crippen LogP) is 0.532. The molecule has 0 spiro atoms. The minimum atomic E-state index is 0.138. The first-order valence-corrected chi connectivity index (χ1v) is 3.72. The van der Waals surface area contributed by atoms with Crippen molar-refractivity contribution in [2.45, 2.75) is 12.5 Å². The summed E-state index contributed by atoms with van der Waals surface area (Å²) < 4.78 is 10.4. The SMILES string of the molecule is N[C@@H]1C=CC2=C(COCO2)C1. The Morgan fingerprint density at radius 1 is 1.55 bits per heavy atom. The third kappa shape index (κ3) is 1.29. The van der Waals surface area contributed by atoms with Crippen LogP contribution in [0.3, 0.4) is 0 Å². The summed E-state index contributed by atoms with van der Waals surface area (Å²) in [4.78, 5) is 0. The zero-order chi connectivity index (χ0) is 7.68. The average Bonchev–Trinajstić information content (AvgIpc) is 2.04. The van der Waals surface area contributed by atoms with Crippen LogP contribution in [0.25, 0.3) is 0 Å². The van der Waals surface area contributed by atoms with E-state index >= 15 is 0 Å². The van der Waals surface area contributed by atoms with Crippen LogP contribution in [0.5, 0.6) is 0 Å². The van der Waals surface area contributed by atoms with Crippen molar-refractivity contribution in [3.8, 4) is 0 Å². The summed E-state index contributed by atoms with van der Waals surface area (Å²) in [6.45, 7) is 1.05. The molecule has 0 aromatic carbocycles. The van der Waals surface area contributed by atoms with Crippen molar-refractivity contribution in [3.63, 3.8) is 0 Å². The second-order valence-corrected chi connectivity index (χ2v) is 2.81. The molecular formula is C8H11NO2. The Morgan fingerprint density at radius 2 is 2.45 bits per heavy atom. The van der Waals surface area contributed by atoms with Crippen molar-refractivity contribution < 1.29 is 9.47 Å². The molecule has 1 aliphatic carbocycles. The highest BCUT2D eigenvalue weighted by Gasteiger charge is 2.17. The van der Waals surface area contributed by atoms with Crippen molar-refractivity contribution >= 4 is 0 Å². The van der Waals surface area contributed by atoms with Gasteiger partial charge in [-0.1, -0.05) is 6.08 Å². The molecule has 2 rings (SSSR count). The molecule has 1 aliphatic heterocycles. The second kappa shape index (κ2) is 2.68. The molecule has 0 bridgehead atoms. The number of allylic oxidation sites excluding steroid dienone is 1. The maximum atomic E-state index is 5.71. The quantitative estimate of drug-likeness (QED) is 0.552. The number of nitrogens with two attached hydrogens (primary N) is 1. The van der Waals surface area contributed by atoms with Gasteiger partial charge in [0.05, 0.1) is 6.61 Å². The Hall–Kier alpha value is -0.800. The molecule has 0 saturated heterocycles. The van der Waals surface area contributed by atoms with E-state index in [0.29, 0.717) is 13.4 Å². The Morgan fingerprint density at radius 3 is 3.36 bits per heavy atom. The van der Waals surface area contributed by atoms with Gasteiger partial charge in [0, 0.05) is 6.04 Å². The van der Waals surface area contributed by atoms with Crippen LogP contribution >= 0.6 is 0 Å². The van der Waals surface area contributed by atoms with Crippen LogP contribution in [-0.2, 0) is 9.47 Å². The molecule has 1 heterocycles. The third-order valence-corrected chi connectivity index (χ3v) is 1.90. The van der Waals surface area contributed by atoms with Gasteiger partial charge in [0.15, 0.2) is 6.79 Å². The van der Waals surface area contributed by atoms with Crippen molar-refractivity contribution in [1.82, 2.24) is 0 Å². The van der Waals surface area contributed by atoms with E-state index in [9.17, 15) is 0 Å². The average molecular weight is 153 g/mol. The number of hydrogen-bond acceptors (Lipinski definition) is 3. The second-order valence-electron chi connectivity index (χ2n) is 2.81. The molecule has 3 heteroatoms. The summed E-state index contributed by atoms with van der Waals surface area (Å²) in [7, 11) is 0. The fourth-order valence-corrected chi connectivity index (χ4v) is 1.33. The van der Waals surface area contributed by atoms with E-state index in [-0.39, 0.29) is 6.04 Å². The maximum Gasteiger partial charge on any atom is 0.189 e. The van der Waals surface area contributed by atoms with E-state index < -0.39 is 0 Å². The van der Waals surface area contributed by atoms with Crippen LogP contribution in [0.2, 0.25) is 0 Å². The fourth-order valence-electron chi connectivity index (χ4n) is 1.33. The van der Waals surface area contributed by atoms with E-state index in [0.717, 1.165) is 12.2 Å². The van der Waals surface area contributed by atoms with Gasteiger partial charge in [-0.25, -0.2) is 0 Å². The van der Waals surface area contributed by atoms with Crippen molar-refractivity contribution in [3.05, 3.63) is 23.5 Å². The first-order valence-electron chi connectivity index (χ1n) is 3.72. The highest BCUT2D eigenvalue weighted by atomic mass is 16.7. The van der Waals surface area contributed by atoms with Crippen molar-refractivity contribution in [2.75, 3.05) is 13.4 Å². The Kier molecular flexibility index (Phi) is 1.68. The molecule has 2 aliphatic rings. The highest BCUT2D eigenvalue weighted by molar-refractivity contribution is 5.28. The monoisotopic (exact) mass is 153 g/mol. The lowest BCUT2D eigenvalue weighted by Crippen LogP contribution is -2.25. The topological polar surface area (TPSA) is 44.5 Å². The molecular weight excluding hydrogens is 142 g/mol. The van der Waals surface area contributed by atoms with Gasteiger partial charge in [0.1, 0.15) is 5.76 Å². The summed E-state index contributed by atoms with van der Waals surface area (Å²) in [5.41, 5.74) is 6.90. The van der Waals surface area contributed by atoms with Crippen LogP contribution in [-0.4, -0.2) is 19.4 Å². The molecule has 0 unspecified atom stereocenters. The fraction of sp³-hybridized carbons (Fsp3) is 0.500. The van der Waals surface area contributed by atoms with Gasteiger partial charge in [-0.15, -0.1) is 0 Å². The molecule has 0 radical (unpaired) electrons. The van der Waals surface area contributed by atoms with Crippen LogP contribution in [0.15, 0.2) is 23.5 Å². The van der Waals surface area contributed by atoms with Gasteiger partial charge in [-0.2, -0.15) is 0 Å². The zero-order valence-corrected chi connectivity index (χ0v) is 6.25. The first-order chi connectivity index (χ1) is 5.36. The lowest BCUT2D eigenvalue weighted by Gasteiger charge is -2.24. The zero-order valence-electron chi connectivity index (χ0n) is 6.25. The molecule has 3 nitrogen and oxygen atoms in total. The number of hydrogen-bond donors (Lipinski definition) is 1. The molecule has 0 aromatic rings. The summed E-state index contributed by atoms with van der Waals surface area (Å²) in [6.07, 6.45) is 4.77. The summed E-state index contributed by atoms with van der Waals surface area (Å²) in [5, 5.41) is 0. The van der Waals surface area contributed by atoms with Gasteiger partial charge >= 0.3 is 0 Å². The largest absolute Gasteiger partial charge is 0.468 e. The van der Waals surface area contributed by atoms with E-state index in [1.54, 1.807) is 0 Å². The van der Waals surface area contributed by atoms with E-state index in [1.807, 2.05) is 12.2 Å². The van der Waals surface area contributed by atoms with Crippen LogP contribution in [0, 0.1) is 0 Å². The van der Waals surface area contributed by atoms with Crippen LogP contribution in [0.1, 0.15) is 6.42 Å². The van der Waals surface area contributed by atoms with Crippen molar-refractivity contribution in [1.29, 1.82) is 0 Å². The van der Waals surface area contributed by atoms with Gasteiger partial charge in [-0.3, -0.25) is 0 Å². The minimum absolute atomic E-state index is 0.138. The molecule has 0 amide bonds. The van der Waals surface area contributed by atoms with Gasteiger partial charge < -0.3 is 15.2 Å². The first kappa shape index (κ1) is 6.88. The number of ether oxygens (including phenoxy) is 2. The molecule has 0 aromatic heterocycles. The van der Waals surface area contributed by atoms with Crippen molar-refractivity contribution in [2.24, 2.45) is 5.73 Å². The van der Waals surface area contributed by atoms with Gasteiger partial charge in [0.25, 0.3) is 0 Å². The molecule has 0 fully saturated rings. The van der Waals surface area contributed by atoms with Gasteiger partial charge in [0.2, 0.25) is 0 Å². The van der Waals surface area contributed by atoms with Crippen LogP contribution in [0.4, 0.5) is 0 Å². The van der Waals surface area contributed by atoms with E-state index in [2.05, 4.69) is 0 Å². The summed E-state index contributed by atoms with van der Waals surface area (Å²) in [6, 6.07) is 0.138. The Balaban J connectivity index is 2.20. The Labute approximate surface area is 65.5 Å². The Bertz CT molecular complexity index is 220. The standard InChI is InChI=1S/C8H11NO2/c9-7-1-2-8-6(3-7)4-10-5-11-8/h1-2,7H,3-5,9H2/t7-/m1/s1.